The zero-order valence-electron chi connectivity index (χ0n) is 12.2. The average molecular weight is 325 g/mol. The van der Waals surface area contributed by atoms with Crippen LogP contribution in [0.5, 0.6) is 0 Å². The highest BCUT2D eigenvalue weighted by Crippen LogP contribution is 2.22. The van der Waals surface area contributed by atoms with Crippen molar-refractivity contribution in [2.45, 2.75) is 19.5 Å². The number of rotatable bonds is 7. The Bertz CT molecular complexity index is 582. The van der Waals surface area contributed by atoms with Gasteiger partial charge in [0.15, 0.2) is 0 Å². The summed E-state index contributed by atoms with van der Waals surface area (Å²) in [5.74, 6) is -0.584. The minimum atomic E-state index is -0.315. The Morgan fingerprint density at radius 2 is 1.73 bits per heavy atom. The van der Waals surface area contributed by atoms with E-state index >= 15 is 0 Å². The van der Waals surface area contributed by atoms with E-state index in [1.54, 1.807) is 24.3 Å². The van der Waals surface area contributed by atoms with Gasteiger partial charge in [-0.05, 0) is 42.8 Å². The van der Waals surface area contributed by atoms with E-state index in [9.17, 15) is 8.78 Å². The number of hydrogen-bond acceptors (Lipinski definition) is 2. The molecule has 0 bridgehead atoms. The van der Waals surface area contributed by atoms with Gasteiger partial charge in [-0.1, -0.05) is 29.8 Å². The predicted octanol–water partition coefficient (Wildman–Crippen LogP) is 3.97. The van der Waals surface area contributed by atoms with Gasteiger partial charge in [-0.2, -0.15) is 0 Å². The molecular formula is C17H19ClF2N2. The van der Waals surface area contributed by atoms with Crippen LogP contribution in [-0.2, 0) is 13.1 Å². The van der Waals surface area contributed by atoms with Crippen molar-refractivity contribution < 1.29 is 8.78 Å². The van der Waals surface area contributed by atoms with Crippen LogP contribution in [0.1, 0.15) is 17.5 Å². The summed E-state index contributed by atoms with van der Waals surface area (Å²) < 4.78 is 26.9. The minimum absolute atomic E-state index is 0.269. The fourth-order valence-corrected chi connectivity index (χ4v) is 2.51. The second kappa shape index (κ2) is 8.22. The molecule has 2 N–H and O–H groups in total. The molecule has 5 heteroatoms. The van der Waals surface area contributed by atoms with Crippen LogP contribution < -0.4 is 5.73 Å². The molecule has 2 nitrogen and oxygen atoms in total. The first kappa shape index (κ1) is 16.9. The molecule has 0 spiro atoms. The quantitative estimate of drug-likeness (QED) is 0.835. The zero-order valence-corrected chi connectivity index (χ0v) is 13.0. The smallest absolute Gasteiger partial charge is 0.129 e. The van der Waals surface area contributed by atoms with Crippen molar-refractivity contribution in [3.8, 4) is 0 Å². The van der Waals surface area contributed by atoms with Crippen molar-refractivity contribution in [3.63, 3.8) is 0 Å². The Balaban J connectivity index is 2.13. The standard InChI is InChI=1S/C17H19ClF2N2/c18-16-3-1-4-17(20)15(16)12-22(10-2-9-21)11-13-5-7-14(19)8-6-13/h1,3-8H,2,9-12,21H2. The molecule has 0 aliphatic rings. The Morgan fingerprint density at radius 3 is 2.36 bits per heavy atom. The largest absolute Gasteiger partial charge is 0.330 e. The maximum absolute atomic E-state index is 13.9. The molecule has 0 aromatic heterocycles. The van der Waals surface area contributed by atoms with Gasteiger partial charge in [0.25, 0.3) is 0 Å². The number of nitrogens with two attached hydrogens (primary N) is 1. The summed E-state index contributed by atoms with van der Waals surface area (Å²) >= 11 is 6.09. The number of halogens is 3. The van der Waals surface area contributed by atoms with E-state index in [0.29, 0.717) is 30.2 Å². The van der Waals surface area contributed by atoms with E-state index < -0.39 is 0 Å². The van der Waals surface area contributed by atoms with Gasteiger partial charge in [0.05, 0.1) is 0 Å². The lowest BCUT2D eigenvalue weighted by Crippen LogP contribution is -2.26. The summed E-state index contributed by atoms with van der Waals surface area (Å²) in [4.78, 5) is 2.06. The molecule has 0 atom stereocenters. The molecule has 2 rings (SSSR count). The number of nitrogens with zero attached hydrogens (tertiary/aromatic N) is 1. The van der Waals surface area contributed by atoms with Crippen molar-refractivity contribution in [2.24, 2.45) is 5.73 Å². The second-order valence-electron chi connectivity index (χ2n) is 5.18. The van der Waals surface area contributed by atoms with Crippen LogP contribution in [0.4, 0.5) is 8.78 Å². The minimum Gasteiger partial charge on any atom is -0.330 e. The van der Waals surface area contributed by atoms with E-state index in [0.717, 1.165) is 18.5 Å². The van der Waals surface area contributed by atoms with E-state index in [2.05, 4.69) is 4.90 Å². The molecule has 0 amide bonds. The van der Waals surface area contributed by atoms with Crippen LogP contribution in [-0.4, -0.2) is 18.0 Å². The van der Waals surface area contributed by atoms with Crippen molar-refractivity contribution in [2.75, 3.05) is 13.1 Å². The summed E-state index contributed by atoms with van der Waals surface area (Å²) in [5, 5.41) is 0.414. The molecule has 0 radical (unpaired) electrons. The van der Waals surface area contributed by atoms with Gasteiger partial charge in [-0.3, -0.25) is 4.90 Å². The number of benzene rings is 2. The van der Waals surface area contributed by atoms with Crippen LogP contribution >= 0.6 is 11.6 Å². The molecule has 2 aromatic rings. The fourth-order valence-electron chi connectivity index (χ4n) is 2.28. The second-order valence-corrected chi connectivity index (χ2v) is 5.59. The fraction of sp³-hybridized carbons (Fsp3) is 0.294. The van der Waals surface area contributed by atoms with Gasteiger partial charge in [-0.25, -0.2) is 8.78 Å². The molecule has 2 aromatic carbocycles. The molecule has 0 fully saturated rings. The Labute approximate surface area is 134 Å². The molecule has 118 valence electrons. The average Bonchev–Trinajstić information content (AvgIpc) is 2.50. The van der Waals surface area contributed by atoms with Crippen LogP contribution in [0.3, 0.4) is 0 Å². The van der Waals surface area contributed by atoms with Crippen molar-refractivity contribution in [3.05, 3.63) is 70.2 Å². The van der Waals surface area contributed by atoms with Crippen LogP contribution in [0.15, 0.2) is 42.5 Å². The highest BCUT2D eigenvalue weighted by Gasteiger charge is 2.13. The zero-order chi connectivity index (χ0) is 15.9. The summed E-state index contributed by atoms with van der Waals surface area (Å²) in [7, 11) is 0. The lowest BCUT2D eigenvalue weighted by atomic mass is 10.1. The van der Waals surface area contributed by atoms with Crippen molar-refractivity contribution >= 4 is 11.6 Å². The summed E-state index contributed by atoms with van der Waals surface area (Å²) in [6, 6.07) is 11.0. The van der Waals surface area contributed by atoms with E-state index in [1.165, 1.54) is 18.2 Å². The third kappa shape index (κ3) is 4.77. The summed E-state index contributed by atoms with van der Waals surface area (Å²) in [6.45, 7) is 2.26. The van der Waals surface area contributed by atoms with Crippen LogP contribution in [0.2, 0.25) is 5.02 Å². The van der Waals surface area contributed by atoms with Gasteiger partial charge in [-0.15, -0.1) is 0 Å². The van der Waals surface area contributed by atoms with Crippen LogP contribution in [0.25, 0.3) is 0 Å². The molecule has 0 heterocycles. The SMILES string of the molecule is NCCCN(Cc1ccc(F)cc1)Cc1c(F)cccc1Cl. The maximum atomic E-state index is 13.9. The first-order valence-corrected chi connectivity index (χ1v) is 7.57. The molecular weight excluding hydrogens is 306 g/mol. The molecule has 0 saturated heterocycles. The van der Waals surface area contributed by atoms with Gasteiger partial charge < -0.3 is 5.73 Å². The van der Waals surface area contributed by atoms with E-state index in [-0.39, 0.29) is 11.6 Å². The van der Waals surface area contributed by atoms with Gasteiger partial charge in [0.1, 0.15) is 11.6 Å². The normalized spacial score (nSPS) is 11.1. The maximum Gasteiger partial charge on any atom is 0.129 e. The lowest BCUT2D eigenvalue weighted by Gasteiger charge is -2.23. The number of hydrogen-bond donors (Lipinski definition) is 1. The monoisotopic (exact) mass is 324 g/mol. The molecule has 0 aliphatic carbocycles. The lowest BCUT2D eigenvalue weighted by molar-refractivity contribution is 0.251. The van der Waals surface area contributed by atoms with Crippen LogP contribution in [0, 0.1) is 11.6 Å². The van der Waals surface area contributed by atoms with Gasteiger partial charge >= 0.3 is 0 Å². The summed E-state index contributed by atoms with van der Waals surface area (Å²) in [5.41, 5.74) is 7.01. The Kier molecular flexibility index (Phi) is 6.31. The molecule has 0 saturated carbocycles. The Hall–Kier alpha value is -1.49. The predicted molar refractivity (Wildman–Crippen MR) is 85.6 cm³/mol. The van der Waals surface area contributed by atoms with E-state index in [4.69, 9.17) is 17.3 Å². The third-order valence-electron chi connectivity index (χ3n) is 3.44. The van der Waals surface area contributed by atoms with Crippen molar-refractivity contribution in [1.29, 1.82) is 0 Å². The van der Waals surface area contributed by atoms with E-state index in [1.807, 2.05) is 0 Å². The van der Waals surface area contributed by atoms with Crippen molar-refractivity contribution in [1.82, 2.24) is 4.90 Å². The summed E-state index contributed by atoms with van der Waals surface area (Å²) in [6.07, 6.45) is 0.799. The first-order valence-electron chi connectivity index (χ1n) is 7.20. The topological polar surface area (TPSA) is 29.3 Å². The van der Waals surface area contributed by atoms with Gasteiger partial charge in [0, 0.05) is 30.2 Å². The molecule has 0 aliphatic heterocycles. The Morgan fingerprint density at radius 1 is 1.00 bits per heavy atom. The molecule has 22 heavy (non-hydrogen) atoms. The highest BCUT2D eigenvalue weighted by molar-refractivity contribution is 6.31. The first-order chi connectivity index (χ1) is 10.6. The van der Waals surface area contributed by atoms with Gasteiger partial charge in [0.2, 0.25) is 0 Å². The third-order valence-corrected chi connectivity index (χ3v) is 3.80. The highest BCUT2D eigenvalue weighted by atomic mass is 35.5. The molecule has 0 unspecified atom stereocenters.